The van der Waals surface area contributed by atoms with E-state index in [-0.39, 0.29) is 12.3 Å². The molecule has 0 radical (unpaired) electrons. The van der Waals surface area contributed by atoms with Gasteiger partial charge in [0.05, 0.1) is 0 Å². The number of halogens is 1. The number of benzene rings is 1. The highest BCUT2D eigenvalue weighted by molar-refractivity contribution is 14.1. The van der Waals surface area contributed by atoms with Crippen LogP contribution in [0.2, 0.25) is 0 Å². The van der Waals surface area contributed by atoms with E-state index in [1.165, 1.54) is 0 Å². The van der Waals surface area contributed by atoms with Gasteiger partial charge < -0.3 is 21.1 Å². The Morgan fingerprint density at radius 1 is 1.06 bits per heavy atom. The SMILES string of the molecule is CSCC[C@H](NC=O)C(=O)N[C@@H](CC(C)C)C(=O)N[C@@H](Cc1ccc(I)cc1)C(=O)O. The Kier molecular flexibility index (Phi) is 12.5. The Hall–Kier alpha value is -1.82. The molecule has 0 unspecified atom stereocenters. The third-order valence-corrected chi connectivity index (χ3v) is 5.87. The molecular formula is C21H30IN3O5S. The Labute approximate surface area is 200 Å². The summed E-state index contributed by atoms with van der Waals surface area (Å²) in [6.07, 6.45) is 3.24. The number of carbonyl (C=O) groups excluding carboxylic acids is 3. The molecule has 0 heterocycles. The van der Waals surface area contributed by atoms with Crippen molar-refractivity contribution in [1.29, 1.82) is 0 Å². The number of hydrogen-bond donors (Lipinski definition) is 4. The number of amides is 3. The lowest BCUT2D eigenvalue weighted by Gasteiger charge is -2.25. The van der Waals surface area contributed by atoms with Crippen LogP contribution in [0.4, 0.5) is 0 Å². The van der Waals surface area contributed by atoms with Crippen LogP contribution in [0.25, 0.3) is 0 Å². The van der Waals surface area contributed by atoms with Gasteiger partial charge in [-0.25, -0.2) is 4.79 Å². The van der Waals surface area contributed by atoms with E-state index in [1.54, 1.807) is 11.8 Å². The van der Waals surface area contributed by atoms with Crippen molar-refractivity contribution >= 4 is 58.5 Å². The Bertz CT molecular complexity index is 745. The molecule has 0 saturated heterocycles. The number of nitrogens with one attached hydrogen (secondary N) is 3. The molecule has 10 heteroatoms. The van der Waals surface area contributed by atoms with Crippen LogP contribution in [-0.2, 0) is 25.6 Å². The maximum atomic E-state index is 12.9. The molecule has 31 heavy (non-hydrogen) atoms. The normalized spacial score (nSPS) is 13.7. The molecule has 0 spiro atoms. The van der Waals surface area contributed by atoms with Crippen LogP contribution in [-0.4, -0.2) is 59.4 Å². The fourth-order valence-corrected chi connectivity index (χ4v) is 3.74. The molecule has 0 aliphatic rings. The minimum atomic E-state index is -1.15. The molecule has 0 aliphatic heterocycles. The highest BCUT2D eigenvalue weighted by Gasteiger charge is 2.29. The molecule has 1 aromatic carbocycles. The highest BCUT2D eigenvalue weighted by Crippen LogP contribution is 2.11. The number of thioether (sulfide) groups is 1. The summed E-state index contributed by atoms with van der Waals surface area (Å²) in [5.74, 6) is -1.43. The van der Waals surface area contributed by atoms with Crippen LogP contribution < -0.4 is 16.0 Å². The second-order valence-electron chi connectivity index (χ2n) is 7.54. The number of carboxylic acids is 1. The van der Waals surface area contributed by atoms with Gasteiger partial charge in [-0.15, -0.1) is 0 Å². The van der Waals surface area contributed by atoms with Crippen molar-refractivity contribution in [1.82, 2.24) is 16.0 Å². The lowest BCUT2D eigenvalue weighted by Crippen LogP contribution is -2.55. The van der Waals surface area contributed by atoms with E-state index >= 15 is 0 Å². The zero-order valence-corrected chi connectivity index (χ0v) is 20.9. The van der Waals surface area contributed by atoms with Crippen LogP contribution in [0.1, 0.15) is 32.3 Å². The van der Waals surface area contributed by atoms with Crippen LogP contribution in [0.3, 0.4) is 0 Å². The average Bonchev–Trinajstić information content (AvgIpc) is 2.71. The largest absolute Gasteiger partial charge is 0.480 e. The van der Waals surface area contributed by atoms with Crippen LogP contribution in [0.5, 0.6) is 0 Å². The van der Waals surface area contributed by atoms with Gasteiger partial charge >= 0.3 is 5.97 Å². The van der Waals surface area contributed by atoms with Crippen molar-refractivity contribution in [3.8, 4) is 0 Å². The van der Waals surface area contributed by atoms with Gasteiger partial charge in [0.1, 0.15) is 18.1 Å². The van der Waals surface area contributed by atoms with E-state index in [0.717, 1.165) is 9.13 Å². The second-order valence-corrected chi connectivity index (χ2v) is 9.77. The quantitative estimate of drug-likeness (QED) is 0.202. The summed E-state index contributed by atoms with van der Waals surface area (Å²) in [7, 11) is 0. The average molecular weight is 563 g/mol. The molecule has 0 bridgehead atoms. The first kappa shape index (κ1) is 27.2. The molecule has 0 aromatic heterocycles. The van der Waals surface area contributed by atoms with E-state index in [1.807, 2.05) is 44.4 Å². The van der Waals surface area contributed by atoms with E-state index in [0.29, 0.717) is 25.0 Å². The Morgan fingerprint density at radius 3 is 2.16 bits per heavy atom. The van der Waals surface area contributed by atoms with Crippen molar-refractivity contribution in [2.24, 2.45) is 5.92 Å². The minimum absolute atomic E-state index is 0.0826. The van der Waals surface area contributed by atoms with Crippen LogP contribution >= 0.6 is 34.4 Å². The molecule has 1 rings (SSSR count). The number of carbonyl (C=O) groups is 4. The van der Waals surface area contributed by atoms with E-state index in [2.05, 4.69) is 38.5 Å². The van der Waals surface area contributed by atoms with Crippen LogP contribution in [0, 0.1) is 9.49 Å². The number of carboxylic acid groups (broad SMARTS) is 1. The summed E-state index contributed by atoms with van der Waals surface area (Å²) in [4.78, 5) is 48.1. The molecule has 0 aliphatic carbocycles. The van der Waals surface area contributed by atoms with Gasteiger partial charge in [0.15, 0.2) is 0 Å². The molecule has 0 fully saturated rings. The monoisotopic (exact) mass is 563 g/mol. The van der Waals surface area contributed by atoms with Crippen molar-refractivity contribution in [2.45, 2.75) is 51.2 Å². The van der Waals surface area contributed by atoms with Crippen molar-refractivity contribution in [3.05, 3.63) is 33.4 Å². The molecule has 3 amide bonds. The molecule has 4 N–H and O–H groups in total. The molecule has 8 nitrogen and oxygen atoms in total. The molecule has 0 saturated carbocycles. The topological polar surface area (TPSA) is 125 Å². The summed E-state index contributed by atoms with van der Waals surface area (Å²) < 4.78 is 1.02. The highest BCUT2D eigenvalue weighted by atomic mass is 127. The predicted molar refractivity (Wildman–Crippen MR) is 130 cm³/mol. The molecule has 3 atom stereocenters. The number of aliphatic carboxylic acids is 1. The van der Waals surface area contributed by atoms with Gasteiger partial charge in [-0.05, 0) is 71.1 Å². The Morgan fingerprint density at radius 2 is 1.65 bits per heavy atom. The van der Waals surface area contributed by atoms with E-state index in [9.17, 15) is 24.3 Å². The lowest BCUT2D eigenvalue weighted by atomic mass is 10.0. The zero-order chi connectivity index (χ0) is 23.4. The molecular weight excluding hydrogens is 533 g/mol. The smallest absolute Gasteiger partial charge is 0.326 e. The number of rotatable bonds is 14. The second kappa shape index (κ2) is 14.3. The number of hydrogen-bond acceptors (Lipinski definition) is 5. The van der Waals surface area contributed by atoms with Crippen molar-refractivity contribution in [2.75, 3.05) is 12.0 Å². The van der Waals surface area contributed by atoms with Gasteiger partial charge in [0, 0.05) is 9.99 Å². The maximum absolute atomic E-state index is 12.9. The van der Waals surface area contributed by atoms with Crippen LogP contribution in [0.15, 0.2) is 24.3 Å². The first-order valence-electron chi connectivity index (χ1n) is 9.94. The lowest BCUT2D eigenvalue weighted by molar-refractivity contribution is -0.142. The van der Waals surface area contributed by atoms with E-state index in [4.69, 9.17) is 0 Å². The van der Waals surface area contributed by atoms with Crippen molar-refractivity contribution in [3.63, 3.8) is 0 Å². The first-order valence-corrected chi connectivity index (χ1v) is 12.4. The standard InChI is InChI=1S/C21H30IN3O5S/c1-13(2)10-17(24-19(27)16(23-12-26)8-9-31-3)20(28)25-18(21(29)30)11-14-4-6-15(22)7-5-14/h4-7,12-13,16-18H,8-11H2,1-3H3,(H,23,26)(H,24,27)(H,25,28)(H,29,30)/t16-,17-,18-/m0/s1. The molecule has 1 aromatic rings. The first-order chi connectivity index (χ1) is 14.7. The molecule has 172 valence electrons. The summed E-state index contributed by atoms with van der Waals surface area (Å²) >= 11 is 3.70. The third-order valence-electron chi connectivity index (χ3n) is 4.50. The summed E-state index contributed by atoms with van der Waals surface area (Å²) in [6, 6.07) is 4.59. The van der Waals surface area contributed by atoms with Gasteiger partial charge in [-0.3, -0.25) is 14.4 Å². The van der Waals surface area contributed by atoms with Gasteiger partial charge in [-0.1, -0.05) is 26.0 Å². The van der Waals surface area contributed by atoms with E-state index < -0.39 is 35.9 Å². The van der Waals surface area contributed by atoms with Gasteiger partial charge in [0.2, 0.25) is 18.2 Å². The predicted octanol–water partition coefficient (Wildman–Crippen LogP) is 1.80. The van der Waals surface area contributed by atoms with Crippen molar-refractivity contribution < 1.29 is 24.3 Å². The fraction of sp³-hybridized carbons (Fsp3) is 0.524. The summed E-state index contributed by atoms with van der Waals surface area (Å²) in [6.45, 7) is 3.81. The fourth-order valence-electron chi connectivity index (χ4n) is 2.91. The zero-order valence-electron chi connectivity index (χ0n) is 17.9. The minimum Gasteiger partial charge on any atom is -0.480 e. The van der Waals surface area contributed by atoms with Gasteiger partial charge in [-0.2, -0.15) is 11.8 Å². The maximum Gasteiger partial charge on any atom is 0.326 e. The summed E-state index contributed by atoms with van der Waals surface area (Å²) in [5, 5.41) is 17.3. The van der Waals surface area contributed by atoms with Gasteiger partial charge in [0.25, 0.3) is 0 Å². The third kappa shape index (κ3) is 10.4. The Balaban J connectivity index is 2.90. The summed E-state index contributed by atoms with van der Waals surface area (Å²) in [5.41, 5.74) is 0.782.